The van der Waals surface area contributed by atoms with Crippen molar-refractivity contribution in [2.45, 2.75) is 75.7 Å². The van der Waals surface area contributed by atoms with Gasteiger partial charge in [-0.15, -0.1) is 0 Å². The van der Waals surface area contributed by atoms with Gasteiger partial charge in [0, 0.05) is 32.3 Å². The van der Waals surface area contributed by atoms with E-state index >= 15 is 0 Å². The van der Waals surface area contributed by atoms with E-state index in [9.17, 15) is 13.2 Å². The molecule has 3 heterocycles. The Kier molecular flexibility index (Phi) is 6.14. The van der Waals surface area contributed by atoms with Gasteiger partial charge in [0.15, 0.2) is 0 Å². The Morgan fingerprint density at radius 3 is 2.42 bits per heavy atom. The molecule has 0 radical (unpaired) electrons. The summed E-state index contributed by atoms with van der Waals surface area (Å²) in [4.78, 5) is 14.6. The van der Waals surface area contributed by atoms with Crippen LogP contribution in [0.25, 0.3) is 0 Å². The van der Waals surface area contributed by atoms with Gasteiger partial charge < -0.3 is 15.0 Å². The van der Waals surface area contributed by atoms with Crippen LogP contribution in [0.1, 0.15) is 58.8 Å². The van der Waals surface area contributed by atoms with Crippen molar-refractivity contribution < 1.29 is 17.9 Å². The van der Waals surface area contributed by atoms with Crippen LogP contribution in [0.3, 0.4) is 0 Å². The molecular weight excluding hydrogens is 354 g/mol. The fourth-order valence-corrected chi connectivity index (χ4v) is 5.64. The second-order valence-electron chi connectivity index (χ2n) is 8.23. The Labute approximate surface area is 157 Å². The lowest BCUT2D eigenvalue weighted by atomic mass is 9.86. The molecule has 150 valence electrons. The number of sulfonamides is 1. The van der Waals surface area contributed by atoms with E-state index in [1.54, 1.807) is 18.2 Å². The van der Waals surface area contributed by atoms with Crippen LogP contribution < -0.4 is 5.32 Å². The maximum Gasteiger partial charge on any atom is 0.317 e. The minimum Gasteiger partial charge on any atom is -0.373 e. The van der Waals surface area contributed by atoms with Crippen molar-refractivity contribution in [3.63, 3.8) is 0 Å². The number of carbonyl (C=O) groups is 1. The number of carbonyl (C=O) groups excluding carboxylic acids is 1. The molecule has 1 atom stereocenters. The van der Waals surface area contributed by atoms with E-state index in [1.165, 1.54) is 6.42 Å². The predicted octanol–water partition coefficient (Wildman–Crippen LogP) is 1.93. The van der Waals surface area contributed by atoms with Crippen molar-refractivity contribution in [1.82, 2.24) is 14.5 Å². The lowest BCUT2D eigenvalue weighted by Crippen LogP contribution is -2.57. The first-order valence-electron chi connectivity index (χ1n) is 10.0. The van der Waals surface area contributed by atoms with E-state index in [0.717, 1.165) is 38.8 Å². The van der Waals surface area contributed by atoms with Gasteiger partial charge in [-0.3, -0.25) is 0 Å². The molecule has 2 amide bonds. The molecule has 26 heavy (non-hydrogen) atoms. The normalized spacial score (nSPS) is 29.3. The highest BCUT2D eigenvalue weighted by atomic mass is 32.2. The summed E-state index contributed by atoms with van der Waals surface area (Å²) in [5.74, 6) is 0. The van der Waals surface area contributed by atoms with Crippen molar-refractivity contribution >= 4 is 16.1 Å². The van der Waals surface area contributed by atoms with Crippen molar-refractivity contribution in [2.75, 3.05) is 32.8 Å². The molecule has 3 saturated heterocycles. The maximum absolute atomic E-state index is 12.7. The van der Waals surface area contributed by atoms with Gasteiger partial charge in [0.05, 0.1) is 17.4 Å². The summed E-state index contributed by atoms with van der Waals surface area (Å²) >= 11 is 0. The predicted molar refractivity (Wildman–Crippen MR) is 101 cm³/mol. The molecule has 3 rings (SSSR count). The molecule has 0 aromatic rings. The Hall–Kier alpha value is -0.860. The first-order chi connectivity index (χ1) is 12.3. The number of urea groups is 1. The van der Waals surface area contributed by atoms with Crippen LogP contribution in [0.15, 0.2) is 0 Å². The summed E-state index contributed by atoms with van der Waals surface area (Å²) in [7, 11) is -3.20. The SMILES string of the molecule is CC(C)S(=O)(=O)N1CCC(NC(=O)N2CCCC3(CCCCO3)C2)CC1. The second-order valence-corrected chi connectivity index (χ2v) is 10.7. The molecule has 3 fully saturated rings. The monoisotopic (exact) mass is 387 g/mol. The van der Waals surface area contributed by atoms with Gasteiger partial charge in [0.25, 0.3) is 0 Å². The Bertz CT molecular complexity index is 588. The van der Waals surface area contributed by atoms with Crippen molar-refractivity contribution in [2.24, 2.45) is 0 Å². The average molecular weight is 388 g/mol. The molecule has 0 aromatic heterocycles. The number of hydrogen-bond acceptors (Lipinski definition) is 4. The zero-order chi connectivity index (χ0) is 18.8. The lowest BCUT2D eigenvalue weighted by Gasteiger charge is -2.45. The molecule has 3 aliphatic heterocycles. The molecule has 1 spiro atoms. The summed E-state index contributed by atoms with van der Waals surface area (Å²) in [5.41, 5.74) is -0.136. The highest BCUT2D eigenvalue weighted by Gasteiger charge is 2.40. The van der Waals surface area contributed by atoms with Crippen molar-refractivity contribution in [1.29, 1.82) is 0 Å². The van der Waals surface area contributed by atoms with Gasteiger partial charge in [0.2, 0.25) is 10.0 Å². The molecule has 0 saturated carbocycles. The average Bonchev–Trinajstić information content (AvgIpc) is 2.62. The molecule has 0 aromatic carbocycles. The van der Waals surface area contributed by atoms with Gasteiger partial charge >= 0.3 is 6.03 Å². The minimum atomic E-state index is -3.20. The zero-order valence-corrected chi connectivity index (χ0v) is 16.9. The van der Waals surface area contributed by atoms with E-state index in [4.69, 9.17) is 4.74 Å². The first kappa shape index (κ1) is 19.9. The number of likely N-dealkylation sites (tertiary alicyclic amines) is 1. The quantitative estimate of drug-likeness (QED) is 0.803. The van der Waals surface area contributed by atoms with Crippen molar-refractivity contribution in [3.05, 3.63) is 0 Å². The van der Waals surface area contributed by atoms with Crippen LogP contribution in [0.5, 0.6) is 0 Å². The third-order valence-electron chi connectivity index (χ3n) is 6.00. The number of amides is 2. The van der Waals surface area contributed by atoms with Gasteiger partial charge in [-0.25, -0.2) is 17.5 Å². The van der Waals surface area contributed by atoms with E-state index in [1.807, 2.05) is 4.90 Å². The van der Waals surface area contributed by atoms with E-state index in [-0.39, 0.29) is 17.7 Å². The lowest BCUT2D eigenvalue weighted by molar-refractivity contribution is -0.109. The highest BCUT2D eigenvalue weighted by Crippen LogP contribution is 2.33. The van der Waals surface area contributed by atoms with Gasteiger partial charge in [-0.05, 0) is 58.8 Å². The Morgan fingerprint density at radius 1 is 1.12 bits per heavy atom. The highest BCUT2D eigenvalue weighted by molar-refractivity contribution is 7.89. The summed E-state index contributed by atoms with van der Waals surface area (Å²) < 4.78 is 32.1. The summed E-state index contributed by atoms with van der Waals surface area (Å²) in [6, 6.07) is 0.0229. The van der Waals surface area contributed by atoms with Crippen LogP contribution in [0.4, 0.5) is 4.79 Å². The first-order valence-corrected chi connectivity index (χ1v) is 11.5. The number of rotatable bonds is 3. The van der Waals surface area contributed by atoms with E-state index in [2.05, 4.69) is 5.32 Å². The second kappa shape index (κ2) is 8.02. The molecule has 0 bridgehead atoms. The van der Waals surface area contributed by atoms with Crippen LogP contribution in [-0.4, -0.2) is 73.3 Å². The fourth-order valence-electron chi connectivity index (χ4n) is 4.32. The summed E-state index contributed by atoms with van der Waals surface area (Å²) in [6.45, 7) is 6.65. The standard InChI is InChI=1S/C18H33N3O4S/c1-15(2)26(23,24)21-11-6-16(7-12-21)19-17(22)20-10-5-9-18(14-20)8-3-4-13-25-18/h15-16H,3-14H2,1-2H3,(H,19,22). The number of ether oxygens (including phenoxy) is 1. The smallest absolute Gasteiger partial charge is 0.317 e. The molecule has 7 nitrogen and oxygen atoms in total. The van der Waals surface area contributed by atoms with Crippen LogP contribution >= 0.6 is 0 Å². The molecule has 1 N–H and O–H groups in total. The number of piperidine rings is 2. The van der Waals surface area contributed by atoms with E-state index < -0.39 is 15.3 Å². The molecular formula is C18H33N3O4S. The van der Waals surface area contributed by atoms with Gasteiger partial charge in [-0.2, -0.15) is 0 Å². The van der Waals surface area contributed by atoms with Crippen LogP contribution in [-0.2, 0) is 14.8 Å². The summed E-state index contributed by atoms with van der Waals surface area (Å²) in [6.07, 6.45) is 6.72. The third-order valence-corrected chi connectivity index (χ3v) is 8.28. The maximum atomic E-state index is 12.7. The number of nitrogens with zero attached hydrogens (tertiary/aromatic N) is 2. The Morgan fingerprint density at radius 2 is 1.81 bits per heavy atom. The minimum absolute atomic E-state index is 0.0246. The topological polar surface area (TPSA) is 79.0 Å². The van der Waals surface area contributed by atoms with Gasteiger partial charge in [-0.1, -0.05) is 0 Å². The molecule has 0 aliphatic carbocycles. The number of nitrogens with one attached hydrogen (secondary N) is 1. The third kappa shape index (κ3) is 4.34. The Balaban J connectivity index is 1.50. The van der Waals surface area contributed by atoms with Crippen LogP contribution in [0, 0.1) is 0 Å². The number of hydrogen-bond donors (Lipinski definition) is 1. The molecule has 8 heteroatoms. The van der Waals surface area contributed by atoms with Gasteiger partial charge in [0.1, 0.15) is 0 Å². The van der Waals surface area contributed by atoms with Crippen molar-refractivity contribution in [3.8, 4) is 0 Å². The molecule has 3 aliphatic rings. The fraction of sp³-hybridized carbons (Fsp3) is 0.944. The van der Waals surface area contributed by atoms with Crippen LogP contribution in [0.2, 0.25) is 0 Å². The summed E-state index contributed by atoms with van der Waals surface area (Å²) in [5, 5.41) is 2.73. The molecule has 1 unspecified atom stereocenters. The largest absolute Gasteiger partial charge is 0.373 e. The zero-order valence-electron chi connectivity index (χ0n) is 16.1. The van der Waals surface area contributed by atoms with E-state index in [0.29, 0.717) is 32.5 Å².